The van der Waals surface area contributed by atoms with Crippen LogP contribution in [0, 0.1) is 11.6 Å². The lowest BCUT2D eigenvalue weighted by molar-refractivity contribution is 0.435. The smallest absolute Gasteiger partial charge is 0.168 e. The van der Waals surface area contributed by atoms with Gasteiger partial charge in [-0.25, -0.2) is 18.4 Å². The fraction of sp³-hybridized carbons (Fsp3) is 0.211. The van der Waals surface area contributed by atoms with Crippen LogP contribution in [0.25, 0.3) is 22.3 Å². The van der Waals surface area contributed by atoms with Crippen molar-refractivity contribution in [2.24, 2.45) is 12.8 Å². The first-order valence-corrected chi connectivity index (χ1v) is 17.9. The third-order valence-electron chi connectivity index (χ3n) is 9.00. The van der Waals surface area contributed by atoms with Gasteiger partial charge < -0.3 is 15.8 Å². The summed E-state index contributed by atoms with van der Waals surface area (Å²) in [5, 5.41) is 9.07. The third kappa shape index (κ3) is 6.52. The van der Waals surface area contributed by atoms with Gasteiger partial charge in [-0.05, 0) is 79.9 Å². The molecule has 4 aromatic carbocycles. The molecule has 0 saturated carbocycles. The predicted octanol–water partition coefficient (Wildman–Crippen LogP) is 8.79. The monoisotopic (exact) mass is 694 g/mol. The summed E-state index contributed by atoms with van der Waals surface area (Å²) in [5.74, 6) is 1.63. The number of thioether (sulfide) groups is 1. The zero-order valence-electron chi connectivity index (χ0n) is 27.4. The molecule has 2 aromatic heterocycles. The molecule has 6 aromatic rings. The Hall–Kier alpha value is -4.74. The van der Waals surface area contributed by atoms with E-state index in [-0.39, 0.29) is 23.6 Å². The van der Waals surface area contributed by atoms with Gasteiger partial charge in [0.1, 0.15) is 11.6 Å². The van der Waals surface area contributed by atoms with E-state index in [1.165, 1.54) is 30.1 Å². The van der Waals surface area contributed by atoms with Gasteiger partial charge in [-0.15, -0.1) is 0 Å². The lowest BCUT2D eigenvalue weighted by Crippen LogP contribution is -2.27. The number of fused-ring (bicyclic) bond motifs is 8. The number of nitrogens with two attached hydrogens (primary N) is 1. The molecule has 0 saturated heterocycles. The van der Waals surface area contributed by atoms with E-state index in [0.717, 1.165) is 33.7 Å². The Labute approximate surface area is 292 Å². The minimum Gasteiger partial charge on any atom is -0.454 e. The number of ether oxygens (including phenoxy) is 1. The number of aryl methyl sites for hydroxylation is 1. The molecule has 49 heavy (non-hydrogen) atoms. The number of nitrogens with zero attached hydrogens (tertiary/aromatic N) is 4. The highest BCUT2D eigenvalue weighted by Gasteiger charge is 2.34. The normalized spacial score (nSPS) is 18.6. The minimum absolute atomic E-state index is 0.0530. The van der Waals surface area contributed by atoms with Crippen LogP contribution in [-0.2, 0) is 19.0 Å². The van der Waals surface area contributed by atoms with E-state index in [0.29, 0.717) is 34.2 Å². The minimum atomic E-state index is -0.547. The van der Waals surface area contributed by atoms with E-state index in [1.54, 1.807) is 29.6 Å². The summed E-state index contributed by atoms with van der Waals surface area (Å²) >= 11 is 3.22. The van der Waals surface area contributed by atoms with Crippen LogP contribution in [0.2, 0.25) is 0 Å². The molecule has 3 N–H and O–H groups in total. The molecule has 250 valence electrons. The lowest BCUT2D eigenvalue weighted by Gasteiger charge is -2.27. The third-order valence-corrected chi connectivity index (χ3v) is 11.0. The Morgan fingerprint density at radius 1 is 0.980 bits per heavy atom. The zero-order chi connectivity index (χ0) is 34.1. The molecule has 7 nitrogen and oxygen atoms in total. The maximum atomic E-state index is 16.2. The van der Waals surface area contributed by atoms with E-state index < -0.39 is 17.0 Å². The topological polar surface area (TPSA) is 82.9 Å². The summed E-state index contributed by atoms with van der Waals surface area (Å²) in [4.78, 5) is 5.95. The number of nitrogens with one attached hydrogen (secondary N) is 1. The molecule has 0 aliphatic carbocycles. The number of benzene rings is 4. The molecule has 4 bridgehead atoms. The Kier molecular flexibility index (Phi) is 9.13. The molecule has 1 unspecified atom stereocenters. The van der Waals surface area contributed by atoms with Crippen LogP contribution in [0.15, 0.2) is 113 Å². The summed E-state index contributed by atoms with van der Waals surface area (Å²) in [7, 11) is 1.76. The second-order valence-corrected chi connectivity index (χ2v) is 14.4. The molecule has 0 spiro atoms. The van der Waals surface area contributed by atoms with Gasteiger partial charge in [0, 0.05) is 58.8 Å². The van der Waals surface area contributed by atoms with Crippen LogP contribution in [0.3, 0.4) is 0 Å². The second kappa shape index (κ2) is 13.6. The first-order chi connectivity index (χ1) is 23.7. The SMILES string of the molecule is C/C1=C(/N)CSCCC(C)(c2ccccc2)c2nc(n(C)n2)-c2cc(ccc2F)Oc2c(F)cc3c(ccn3Sc3ccccc3)c2CN1. The van der Waals surface area contributed by atoms with Gasteiger partial charge >= 0.3 is 0 Å². The fourth-order valence-electron chi connectivity index (χ4n) is 6.04. The van der Waals surface area contributed by atoms with Crippen molar-refractivity contribution in [1.82, 2.24) is 24.1 Å². The number of halogens is 2. The standard InChI is InChI=1S/C38H36F2N6OS2/c1-24-33(41)23-48-19-17-38(2,25-10-6-4-7-11-25)37-43-36(45(3)44-37)29-20-26(14-15-31(29)39)47-35-30(22-42-24)28-16-18-46(34(28)21-32(35)40)49-27-12-8-5-9-13-27/h4-16,18,20-21,42H,17,19,22-23,41H2,1-3H3/b33-24-. The summed E-state index contributed by atoms with van der Waals surface area (Å²) in [6, 6.07) is 27.9. The second-order valence-electron chi connectivity index (χ2n) is 12.3. The number of hydrogen-bond donors (Lipinski definition) is 2. The van der Waals surface area contributed by atoms with Crippen LogP contribution in [0.1, 0.15) is 37.2 Å². The Bertz CT molecular complexity index is 2170. The average molecular weight is 695 g/mol. The number of allylic oxidation sites excluding steroid dienone is 1. The molecule has 1 atom stereocenters. The van der Waals surface area contributed by atoms with Crippen molar-refractivity contribution in [3.05, 3.63) is 137 Å². The first-order valence-electron chi connectivity index (χ1n) is 16.0. The van der Waals surface area contributed by atoms with Gasteiger partial charge in [0.25, 0.3) is 0 Å². The van der Waals surface area contributed by atoms with Gasteiger partial charge in [-0.2, -0.15) is 16.9 Å². The molecular formula is C38H36F2N6OS2. The molecule has 1 aliphatic heterocycles. The molecule has 11 heteroatoms. The van der Waals surface area contributed by atoms with Crippen LogP contribution in [0.5, 0.6) is 11.5 Å². The summed E-state index contributed by atoms with van der Waals surface area (Å²) < 4.78 is 41.6. The lowest BCUT2D eigenvalue weighted by atomic mass is 9.79. The van der Waals surface area contributed by atoms with Gasteiger partial charge in [0.15, 0.2) is 23.2 Å². The van der Waals surface area contributed by atoms with Gasteiger partial charge in [-0.1, -0.05) is 48.5 Å². The average Bonchev–Trinajstić information content (AvgIpc) is 3.70. The number of hydrogen-bond acceptors (Lipinski definition) is 7. The maximum Gasteiger partial charge on any atom is 0.168 e. The van der Waals surface area contributed by atoms with Gasteiger partial charge in [0.05, 0.1) is 16.5 Å². The zero-order valence-corrected chi connectivity index (χ0v) is 29.0. The molecule has 0 amide bonds. The molecule has 3 heterocycles. The highest BCUT2D eigenvalue weighted by molar-refractivity contribution is 7.99. The van der Waals surface area contributed by atoms with Crippen molar-refractivity contribution >= 4 is 34.6 Å². The fourth-order valence-corrected chi connectivity index (χ4v) is 8.05. The van der Waals surface area contributed by atoms with E-state index in [9.17, 15) is 0 Å². The maximum absolute atomic E-state index is 16.2. The molecule has 1 aliphatic rings. The molecule has 0 radical (unpaired) electrons. The quantitative estimate of drug-likeness (QED) is 0.192. The first kappa shape index (κ1) is 32.8. The van der Waals surface area contributed by atoms with Crippen molar-refractivity contribution in [2.45, 2.75) is 37.1 Å². The highest BCUT2D eigenvalue weighted by Crippen LogP contribution is 2.40. The highest BCUT2D eigenvalue weighted by atomic mass is 32.2. The van der Waals surface area contributed by atoms with Crippen molar-refractivity contribution in [3.63, 3.8) is 0 Å². The van der Waals surface area contributed by atoms with Crippen LogP contribution < -0.4 is 15.8 Å². The van der Waals surface area contributed by atoms with E-state index >= 15 is 8.78 Å². The molecular weight excluding hydrogens is 659 g/mol. The van der Waals surface area contributed by atoms with E-state index in [1.807, 2.05) is 71.7 Å². The Morgan fingerprint density at radius 3 is 2.51 bits per heavy atom. The van der Waals surface area contributed by atoms with Gasteiger partial charge in [0.2, 0.25) is 0 Å². The van der Waals surface area contributed by atoms with Crippen molar-refractivity contribution < 1.29 is 13.5 Å². The summed E-state index contributed by atoms with van der Waals surface area (Å²) in [6.07, 6.45) is 2.66. The predicted molar refractivity (Wildman–Crippen MR) is 195 cm³/mol. The van der Waals surface area contributed by atoms with Crippen LogP contribution in [0.4, 0.5) is 8.78 Å². The van der Waals surface area contributed by atoms with Crippen molar-refractivity contribution in [2.75, 3.05) is 11.5 Å². The molecule has 7 rings (SSSR count). The Balaban J connectivity index is 1.35. The van der Waals surface area contributed by atoms with E-state index in [2.05, 4.69) is 24.4 Å². The van der Waals surface area contributed by atoms with Crippen LogP contribution in [-0.4, -0.2) is 30.2 Å². The van der Waals surface area contributed by atoms with Crippen molar-refractivity contribution in [1.29, 1.82) is 0 Å². The number of aromatic nitrogens is 4. The van der Waals surface area contributed by atoms with E-state index in [4.69, 9.17) is 20.6 Å². The van der Waals surface area contributed by atoms with Crippen molar-refractivity contribution in [3.8, 4) is 22.9 Å². The summed E-state index contributed by atoms with van der Waals surface area (Å²) in [6.45, 7) is 4.31. The number of rotatable bonds is 3. The molecule has 0 fully saturated rings. The Morgan fingerprint density at radius 2 is 1.73 bits per heavy atom. The summed E-state index contributed by atoms with van der Waals surface area (Å²) in [5.41, 5.74) is 10.2. The largest absolute Gasteiger partial charge is 0.454 e. The van der Waals surface area contributed by atoms with Crippen LogP contribution >= 0.6 is 23.7 Å². The van der Waals surface area contributed by atoms with Gasteiger partial charge in [-0.3, -0.25) is 3.97 Å².